The van der Waals surface area contributed by atoms with E-state index < -0.39 is 0 Å². The summed E-state index contributed by atoms with van der Waals surface area (Å²) in [4.78, 5) is 13.6. The summed E-state index contributed by atoms with van der Waals surface area (Å²) in [5.41, 5.74) is 0. The molecule has 1 aliphatic rings. The summed E-state index contributed by atoms with van der Waals surface area (Å²) in [6.45, 7) is 1.93. The minimum absolute atomic E-state index is 0.0492. The number of hydrogen-bond acceptors (Lipinski definition) is 2. The molecule has 1 aliphatic carbocycles. The van der Waals surface area contributed by atoms with Gasteiger partial charge < -0.3 is 4.90 Å². The maximum atomic E-state index is 11.9. The van der Waals surface area contributed by atoms with Gasteiger partial charge in [0, 0.05) is 19.0 Å². The fourth-order valence-corrected chi connectivity index (χ4v) is 1.95. The molecule has 0 saturated heterocycles. The summed E-state index contributed by atoms with van der Waals surface area (Å²) >= 11 is 0. The van der Waals surface area contributed by atoms with Crippen LogP contribution in [0.15, 0.2) is 0 Å². The molecule has 0 aromatic carbocycles. The van der Waals surface area contributed by atoms with Crippen molar-refractivity contribution < 1.29 is 4.79 Å². The van der Waals surface area contributed by atoms with E-state index in [0.29, 0.717) is 6.42 Å². The third-order valence-electron chi connectivity index (χ3n) is 3.10. The number of hydrogen-bond donors (Lipinski definition) is 0. The minimum Gasteiger partial charge on any atom is -0.342 e. The summed E-state index contributed by atoms with van der Waals surface area (Å²) in [5.74, 6) is 0.450. The number of carbonyl (C=O) groups is 1. The van der Waals surface area contributed by atoms with Crippen LogP contribution in [0.2, 0.25) is 0 Å². The van der Waals surface area contributed by atoms with Crippen LogP contribution in [0, 0.1) is 17.2 Å². The molecular weight excluding hydrogens is 176 g/mol. The lowest BCUT2D eigenvalue weighted by molar-refractivity contribution is -0.135. The predicted octanol–water partition coefficient (Wildman–Crippen LogP) is 1.94. The van der Waals surface area contributed by atoms with Gasteiger partial charge in [-0.25, -0.2) is 0 Å². The van der Waals surface area contributed by atoms with Crippen molar-refractivity contribution in [1.82, 2.24) is 4.90 Å². The van der Waals surface area contributed by atoms with Gasteiger partial charge in [-0.05, 0) is 19.8 Å². The van der Waals surface area contributed by atoms with Gasteiger partial charge in [0.05, 0.1) is 12.5 Å². The van der Waals surface area contributed by atoms with Crippen LogP contribution < -0.4 is 0 Å². The molecule has 1 saturated carbocycles. The topological polar surface area (TPSA) is 44.1 Å². The van der Waals surface area contributed by atoms with Crippen molar-refractivity contribution in [2.45, 2.75) is 45.1 Å². The van der Waals surface area contributed by atoms with Crippen molar-refractivity contribution in [1.29, 1.82) is 5.26 Å². The molecule has 0 aliphatic heterocycles. The van der Waals surface area contributed by atoms with Gasteiger partial charge in [-0.15, -0.1) is 0 Å². The van der Waals surface area contributed by atoms with Crippen molar-refractivity contribution in [2.24, 2.45) is 5.92 Å². The van der Waals surface area contributed by atoms with Gasteiger partial charge in [-0.3, -0.25) is 4.79 Å². The Kier molecular flexibility index (Phi) is 3.94. The van der Waals surface area contributed by atoms with E-state index in [2.05, 4.69) is 6.07 Å². The molecule has 0 N–H and O–H groups in total. The van der Waals surface area contributed by atoms with Gasteiger partial charge in [0.2, 0.25) is 5.91 Å². The van der Waals surface area contributed by atoms with Crippen LogP contribution in [0.5, 0.6) is 0 Å². The van der Waals surface area contributed by atoms with E-state index in [-0.39, 0.29) is 17.9 Å². The molecule has 1 amide bonds. The SMILES string of the molecule is CC(CC#N)N(C)C(=O)C1CCCC1. The Bertz CT molecular complexity index is 238. The highest BCUT2D eigenvalue weighted by atomic mass is 16.2. The van der Waals surface area contributed by atoms with E-state index in [4.69, 9.17) is 5.26 Å². The first-order chi connectivity index (χ1) is 6.66. The summed E-state index contributed by atoms with van der Waals surface area (Å²) < 4.78 is 0. The molecule has 1 rings (SSSR count). The van der Waals surface area contributed by atoms with Crippen LogP contribution in [0.4, 0.5) is 0 Å². The molecule has 1 unspecified atom stereocenters. The molecule has 3 heteroatoms. The molecule has 1 atom stereocenters. The molecule has 14 heavy (non-hydrogen) atoms. The number of carbonyl (C=O) groups excluding carboxylic acids is 1. The first-order valence-electron chi connectivity index (χ1n) is 5.30. The van der Waals surface area contributed by atoms with Crippen LogP contribution >= 0.6 is 0 Å². The van der Waals surface area contributed by atoms with E-state index in [1.165, 1.54) is 12.8 Å². The van der Waals surface area contributed by atoms with Gasteiger partial charge in [-0.2, -0.15) is 5.26 Å². The van der Waals surface area contributed by atoms with Crippen LogP contribution in [0.3, 0.4) is 0 Å². The Morgan fingerprint density at radius 1 is 1.57 bits per heavy atom. The van der Waals surface area contributed by atoms with Gasteiger partial charge in [0.25, 0.3) is 0 Å². The first-order valence-corrected chi connectivity index (χ1v) is 5.30. The van der Waals surface area contributed by atoms with Crippen LogP contribution in [0.25, 0.3) is 0 Å². The molecule has 1 fully saturated rings. The zero-order chi connectivity index (χ0) is 10.6. The van der Waals surface area contributed by atoms with E-state index in [1.807, 2.05) is 14.0 Å². The van der Waals surface area contributed by atoms with Crippen molar-refractivity contribution in [2.75, 3.05) is 7.05 Å². The number of nitrogens with zero attached hydrogens (tertiary/aromatic N) is 2. The van der Waals surface area contributed by atoms with Gasteiger partial charge in [0.15, 0.2) is 0 Å². The molecule has 0 radical (unpaired) electrons. The molecule has 0 aromatic heterocycles. The van der Waals surface area contributed by atoms with Crippen LogP contribution in [0.1, 0.15) is 39.0 Å². The standard InChI is InChI=1S/C11H18N2O/c1-9(7-8-12)13(2)11(14)10-5-3-4-6-10/h9-10H,3-7H2,1-2H3. The molecule has 3 nitrogen and oxygen atoms in total. The third-order valence-corrected chi connectivity index (χ3v) is 3.10. The second kappa shape index (κ2) is 4.99. The van der Waals surface area contributed by atoms with Crippen LogP contribution in [-0.4, -0.2) is 23.9 Å². The van der Waals surface area contributed by atoms with Gasteiger partial charge >= 0.3 is 0 Å². The Hall–Kier alpha value is -1.04. The van der Waals surface area contributed by atoms with Crippen molar-refractivity contribution in [3.63, 3.8) is 0 Å². The lowest BCUT2D eigenvalue weighted by atomic mass is 10.1. The zero-order valence-corrected chi connectivity index (χ0v) is 8.99. The predicted molar refractivity (Wildman–Crippen MR) is 54.4 cm³/mol. The molecule has 0 spiro atoms. The van der Waals surface area contributed by atoms with E-state index >= 15 is 0 Å². The lowest BCUT2D eigenvalue weighted by Crippen LogP contribution is -2.38. The highest BCUT2D eigenvalue weighted by Crippen LogP contribution is 2.26. The summed E-state index contributed by atoms with van der Waals surface area (Å²) in [6.07, 6.45) is 4.84. The third kappa shape index (κ3) is 2.47. The molecular formula is C11H18N2O. The fraction of sp³-hybridized carbons (Fsp3) is 0.818. The number of amides is 1. The smallest absolute Gasteiger partial charge is 0.225 e. The second-order valence-electron chi connectivity index (χ2n) is 4.14. The minimum atomic E-state index is 0.0492. The largest absolute Gasteiger partial charge is 0.342 e. The molecule has 0 bridgehead atoms. The van der Waals surface area contributed by atoms with E-state index in [1.54, 1.807) is 4.90 Å². The lowest BCUT2D eigenvalue weighted by Gasteiger charge is -2.25. The Balaban J connectivity index is 2.47. The monoisotopic (exact) mass is 194 g/mol. The van der Waals surface area contributed by atoms with Crippen molar-refractivity contribution in [3.05, 3.63) is 0 Å². The van der Waals surface area contributed by atoms with Crippen molar-refractivity contribution in [3.8, 4) is 6.07 Å². The Morgan fingerprint density at radius 2 is 2.14 bits per heavy atom. The summed E-state index contributed by atoms with van der Waals surface area (Å²) in [6, 6.07) is 2.15. The highest BCUT2D eigenvalue weighted by molar-refractivity contribution is 5.79. The molecule has 0 aromatic rings. The Labute approximate surface area is 85.7 Å². The number of nitriles is 1. The zero-order valence-electron chi connectivity index (χ0n) is 8.99. The second-order valence-corrected chi connectivity index (χ2v) is 4.14. The van der Waals surface area contributed by atoms with Crippen LogP contribution in [-0.2, 0) is 4.79 Å². The average Bonchev–Trinajstić information content (AvgIpc) is 2.68. The summed E-state index contributed by atoms with van der Waals surface area (Å²) in [5, 5.41) is 8.54. The van der Waals surface area contributed by atoms with Crippen molar-refractivity contribution >= 4 is 5.91 Å². The van der Waals surface area contributed by atoms with E-state index in [9.17, 15) is 4.79 Å². The number of rotatable bonds is 3. The van der Waals surface area contributed by atoms with Gasteiger partial charge in [-0.1, -0.05) is 12.8 Å². The quantitative estimate of drug-likeness (QED) is 0.689. The average molecular weight is 194 g/mol. The normalized spacial score (nSPS) is 18.9. The van der Waals surface area contributed by atoms with Gasteiger partial charge in [0.1, 0.15) is 0 Å². The first kappa shape index (κ1) is 11.0. The fourth-order valence-electron chi connectivity index (χ4n) is 1.95. The summed E-state index contributed by atoms with van der Waals surface area (Å²) in [7, 11) is 1.81. The molecule has 0 heterocycles. The Morgan fingerprint density at radius 3 is 2.64 bits per heavy atom. The maximum absolute atomic E-state index is 11.9. The van der Waals surface area contributed by atoms with E-state index in [0.717, 1.165) is 12.8 Å². The molecule has 78 valence electrons. The highest BCUT2D eigenvalue weighted by Gasteiger charge is 2.27. The maximum Gasteiger partial charge on any atom is 0.225 e.